The molecular formula is C14H18N2OS. The maximum absolute atomic E-state index is 5.51. The summed E-state index contributed by atoms with van der Waals surface area (Å²) in [6.07, 6.45) is 5.00. The van der Waals surface area contributed by atoms with E-state index in [1.54, 1.807) is 7.11 Å². The van der Waals surface area contributed by atoms with Crippen LogP contribution in [0.2, 0.25) is 0 Å². The standard InChI is InChI=1S/C14H18N2OS/c1-14(7-3-4-8-14)16-12-6-5-10(17-2)9-11(12)15-13(16)18/h5-6,9H,3-4,7-8H2,1-2H3,(H,15,18). The van der Waals surface area contributed by atoms with Gasteiger partial charge >= 0.3 is 0 Å². The SMILES string of the molecule is COc1ccc2c(c1)[nH]c(=S)n2C1(C)CCCC1. The first-order chi connectivity index (χ1) is 8.64. The van der Waals surface area contributed by atoms with Gasteiger partial charge in [-0.05, 0) is 44.1 Å². The van der Waals surface area contributed by atoms with Crippen LogP contribution in [-0.2, 0) is 5.54 Å². The first-order valence-electron chi connectivity index (χ1n) is 6.43. The summed E-state index contributed by atoms with van der Waals surface area (Å²) >= 11 is 5.51. The lowest BCUT2D eigenvalue weighted by Crippen LogP contribution is -2.26. The van der Waals surface area contributed by atoms with Gasteiger partial charge < -0.3 is 14.3 Å². The minimum Gasteiger partial charge on any atom is -0.497 e. The zero-order valence-corrected chi connectivity index (χ0v) is 11.6. The zero-order valence-electron chi connectivity index (χ0n) is 10.8. The maximum Gasteiger partial charge on any atom is 0.178 e. The van der Waals surface area contributed by atoms with Crippen molar-refractivity contribution in [2.75, 3.05) is 7.11 Å². The molecule has 1 aromatic heterocycles. The van der Waals surface area contributed by atoms with Gasteiger partial charge in [-0.1, -0.05) is 12.8 Å². The van der Waals surface area contributed by atoms with E-state index in [1.165, 1.54) is 31.2 Å². The molecule has 0 spiro atoms. The van der Waals surface area contributed by atoms with E-state index in [1.807, 2.05) is 12.1 Å². The maximum atomic E-state index is 5.51. The fourth-order valence-electron chi connectivity index (χ4n) is 3.11. The fraction of sp³-hybridized carbons (Fsp3) is 0.500. The number of fused-ring (bicyclic) bond motifs is 1. The van der Waals surface area contributed by atoms with E-state index in [0.717, 1.165) is 16.0 Å². The topological polar surface area (TPSA) is 29.9 Å². The van der Waals surface area contributed by atoms with Crippen molar-refractivity contribution < 1.29 is 4.74 Å². The van der Waals surface area contributed by atoms with Gasteiger partial charge in [0.2, 0.25) is 0 Å². The lowest BCUT2D eigenvalue weighted by atomic mass is 10.00. The van der Waals surface area contributed by atoms with Crippen LogP contribution in [0.4, 0.5) is 0 Å². The molecule has 4 heteroatoms. The molecule has 3 rings (SSSR count). The van der Waals surface area contributed by atoms with E-state index in [9.17, 15) is 0 Å². The van der Waals surface area contributed by atoms with Crippen LogP contribution in [0.25, 0.3) is 11.0 Å². The highest BCUT2D eigenvalue weighted by Crippen LogP contribution is 2.38. The number of ether oxygens (including phenoxy) is 1. The lowest BCUT2D eigenvalue weighted by Gasteiger charge is -2.26. The van der Waals surface area contributed by atoms with Gasteiger partial charge in [-0.2, -0.15) is 0 Å². The molecule has 2 aromatic rings. The molecule has 1 heterocycles. The van der Waals surface area contributed by atoms with Gasteiger partial charge in [0.25, 0.3) is 0 Å². The minimum atomic E-state index is 0.171. The number of aromatic amines is 1. The van der Waals surface area contributed by atoms with Crippen molar-refractivity contribution >= 4 is 23.3 Å². The highest BCUT2D eigenvalue weighted by Gasteiger charge is 2.32. The molecule has 0 bridgehead atoms. The number of rotatable bonds is 2. The molecule has 0 atom stereocenters. The van der Waals surface area contributed by atoms with Crippen molar-refractivity contribution in [2.24, 2.45) is 0 Å². The van der Waals surface area contributed by atoms with E-state index in [0.29, 0.717) is 0 Å². The molecule has 96 valence electrons. The second-order valence-electron chi connectivity index (χ2n) is 5.35. The number of nitrogens with one attached hydrogen (secondary N) is 1. The Balaban J connectivity index is 2.23. The van der Waals surface area contributed by atoms with Crippen LogP contribution in [0, 0.1) is 4.77 Å². The number of benzene rings is 1. The van der Waals surface area contributed by atoms with E-state index >= 15 is 0 Å². The van der Waals surface area contributed by atoms with E-state index in [4.69, 9.17) is 17.0 Å². The molecule has 1 saturated carbocycles. The molecule has 1 aliphatic carbocycles. The third-order valence-electron chi connectivity index (χ3n) is 4.11. The second-order valence-corrected chi connectivity index (χ2v) is 5.74. The normalized spacial score (nSPS) is 18.3. The highest BCUT2D eigenvalue weighted by molar-refractivity contribution is 7.71. The molecule has 0 aliphatic heterocycles. The van der Waals surface area contributed by atoms with Gasteiger partial charge in [-0.15, -0.1) is 0 Å². The van der Waals surface area contributed by atoms with Crippen LogP contribution in [0.5, 0.6) is 5.75 Å². The van der Waals surface area contributed by atoms with Gasteiger partial charge in [0.1, 0.15) is 5.75 Å². The Hall–Kier alpha value is -1.29. The van der Waals surface area contributed by atoms with Crippen molar-refractivity contribution in [3.8, 4) is 5.75 Å². The number of imidazole rings is 1. The van der Waals surface area contributed by atoms with Crippen molar-refractivity contribution in [3.05, 3.63) is 23.0 Å². The summed E-state index contributed by atoms with van der Waals surface area (Å²) in [6.45, 7) is 2.31. The molecule has 0 unspecified atom stereocenters. The minimum absolute atomic E-state index is 0.171. The Morgan fingerprint density at radius 2 is 2.06 bits per heavy atom. The van der Waals surface area contributed by atoms with Gasteiger partial charge in [-0.3, -0.25) is 0 Å². The molecule has 1 fully saturated rings. The predicted octanol–water partition coefficient (Wildman–Crippen LogP) is 4.00. The van der Waals surface area contributed by atoms with Crippen LogP contribution in [-0.4, -0.2) is 16.7 Å². The smallest absolute Gasteiger partial charge is 0.178 e. The van der Waals surface area contributed by atoms with Gasteiger partial charge in [0, 0.05) is 11.6 Å². The van der Waals surface area contributed by atoms with E-state index < -0.39 is 0 Å². The largest absolute Gasteiger partial charge is 0.497 e. The summed E-state index contributed by atoms with van der Waals surface area (Å²) in [4.78, 5) is 3.30. The molecule has 1 N–H and O–H groups in total. The first-order valence-corrected chi connectivity index (χ1v) is 6.84. The third-order valence-corrected chi connectivity index (χ3v) is 4.39. The zero-order chi connectivity index (χ0) is 12.8. The summed E-state index contributed by atoms with van der Waals surface area (Å²) in [5.41, 5.74) is 2.42. The number of nitrogens with zero attached hydrogens (tertiary/aromatic N) is 1. The molecule has 0 radical (unpaired) electrons. The number of H-pyrrole nitrogens is 1. The van der Waals surface area contributed by atoms with E-state index in [2.05, 4.69) is 22.5 Å². The fourth-order valence-corrected chi connectivity index (χ4v) is 3.54. The number of aromatic nitrogens is 2. The van der Waals surface area contributed by atoms with Crippen molar-refractivity contribution in [2.45, 2.75) is 38.1 Å². The summed E-state index contributed by atoms with van der Waals surface area (Å²) in [6, 6.07) is 6.11. The Kier molecular flexibility index (Phi) is 2.70. The average Bonchev–Trinajstić information content (AvgIpc) is 2.91. The summed E-state index contributed by atoms with van der Waals surface area (Å²) in [5, 5.41) is 0. The van der Waals surface area contributed by atoms with Gasteiger partial charge in [0.15, 0.2) is 4.77 Å². The number of methoxy groups -OCH3 is 1. The van der Waals surface area contributed by atoms with Crippen LogP contribution in [0.15, 0.2) is 18.2 Å². The monoisotopic (exact) mass is 262 g/mol. The number of hydrogen-bond acceptors (Lipinski definition) is 2. The van der Waals surface area contributed by atoms with Crippen LogP contribution >= 0.6 is 12.2 Å². The molecule has 3 nitrogen and oxygen atoms in total. The molecule has 1 aromatic carbocycles. The molecule has 18 heavy (non-hydrogen) atoms. The highest BCUT2D eigenvalue weighted by atomic mass is 32.1. The number of hydrogen-bond donors (Lipinski definition) is 1. The molecular weight excluding hydrogens is 244 g/mol. The Bertz CT molecular complexity index is 635. The second kappa shape index (κ2) is 4.12. The van der Waals surface area contributed by atoms with Crippen LogP contribution in [0.1, 0.15) is 32.6 Å². The Labute approximate surface area is 112 Å². The van der Waals surface area contributed by atoms with E-state index in [-0.39, 0.29) is 5.54 Å². The first kappa shape index (κ1) is 11.8. The summed E-state index contributed by atoms with van der Waals surface area (Å²) in [5.74, 6) is 0.863. The molecule has 1 aliphatic rings. The van der Waals surface area contributed by atoms with Crippen molar-refractivity contribution in [1.82, 2.24) is 9.55 Å². The Morgan fingerprint density at radius 1 is 1.33 bits per heavy atom. The quantitative estimate of drug-likeness (QED) is 0.829. The van der Waals surface area contributed by atoms with Gasteiger partial charge in [-0.25, -0.2) is 0 Å². The van der Waals surface area contributed by atoms with Crippen LogP contribution < -0.4 is 4.74 Å². The molecule has 0 amide bonds. The summed E-state index contributed by atoms with van der Waals surface area (Å²) < 4.78 is 8.38. The van der Waals surface area contributed by atoms with Crippen LogP contribution in [0.3, 0.4) is 0 Å². The third kappa shape index (κ3) is 1.67. The molecule has 0 saturated heterocycles. The summed E-state index contributed by atoms with van der Waals surface area (Å²) in [7, 11) is 1.69. The Morgan fingerprint density at radius 3 is 2.72 bits per heavy atom. The average molecular weight is 262 g/mol. The van der Waals surface area contributed by atoms with Crippen molar-refractivity contribution in [3.63, 3.8) is 0 Å². The van der Waals surface area contributed by atoms with Gasteiger partial charge in [0.05, 0.1) is 18.1 Å². The lowest BCUT2D eigenvalue weighted by molar-refractivity contribution is 0.335. The predicted molar refractivity (Wildman–Crippen MR) is 75.8 cm³/mol. The van der Waals surface area contributed by atoms with Crippen molar-refractivity contribution in [1.29, 1.82) is 0 Å².